The van der Waals surface area contributed by atoms with Crippen LogP contribution >= 0.6 is 11.8 Å². The Morgan fingerprint density at radius 2 is 2.16 bits per heavy atom. The quantitative estimate of drug-likeness (QED) is 0.698. The maximum absolute atomic E-state index is 10.9. The molecule has 94 valence electrons. The maximum Gasteiger partial charge on any atom is 0.354 e. The van der Waals surface area contributed by atoms with Gasteiger partial charge in [-0.3, -0.25) is 0 Å². The summed E-state index contributed by atoms with van der Waals surface area (Å²) in [5.41, 5.74) is 1.27. The standard InChI is InChI=1S/C11H7N5O2S/c17-11(18)6-2-1-3-7(16-6)19-10-8-9(13-4-12-8)14-5-15-10/h1-5H,(H,17,18)(H,12,13,14,15). The SMILES string of the molecule is O=C(O)c1cccc(Sc2ncnc3nc[nH]c23)n1. The van der Waals surface area contributed by atoms with Crippen LogP contribution in [0.2, 0.25) is 0 Å². The third kappa shape index (κ3) is 2.25. The zero-order valence-electron chi connectivity index (χ0n) is 9.44. The summed E-state index contributed by atoms with van der Waals surface area (Å²) in [6.07, 6.45) is 2.94. The first-order valence-corrected chi connectivity index (χ1v) is 6.08. The average Bonchev–Trinajstić information content (AvgIpc) is 2.88. The largest absolute Gasteiger partial charge is 0.477 e. The number of hydrogen-bond donors (Lipinski definition) is 2. The van der Waals surface area contributed by atoms with E-state index in [0.717, 1.165) is 0 Å². The van der Waals surface area contributed by atoms with Gasteiger partial charge < -0.3 is 10.1 Å². The molecule has 0 atom stereocenters. The zero-order valence-corrected chi connectivity index (χ0v) is 10.3. The number of carboxylic acid groups (broad SMARTS) is 1. The van der Waals surface area contributed by atoms with Crippen molar-refractivity contribution in [2.75, 3.05) is 0 Å². The normalized spacial score (nSPS) is 10.7. The van der Waals surface area contributed by atoms with Crippen molar-refractivity contribution >= 4 is 28.9 Å². The van der Waals surface area contributed by atoms with Crippen LogP contribution in [-0.2, 0) is 0 Å². The van der Waals surface area contributed by atoms with E-state index in [2.05, 4.69) is 24.9 Å². The molecule has 0 aliphatic rings. The molecule has 0 radical (unpaired) electrons. The minimum absolute atomic E-state index is 0.0000827. The Balaban J connectivity index is 1.99. The van der Waals surface area contributed by atoms with Gasteiger partial charge in [-0.25, -0.2) is 24.7 Å². The van der Waals surface area contributed by atoms with Crippen LogP contribution in [0.15, 0.2) is 40.9 Å². The van der Waals surface area contributed by atoms with Crippen molar-refractivity contribution in [1.29, 1.82) is 0 Å². The fourth-order valence-corrected chi connectivity index (χ4v) is 2.35. The van der Waals surface area contributed by atoms with E-state index in [1.807, 2.05) is 0 Å². The fraction of sp³-hybridized carbons (Fsp3) is 0. The number of carboxylic acids is 1. The molecule has 8 heteroatoms. The van der Waals surface area contributed by atoms with Crippen LogP contribution in [0.3, 0.4) is 0 Å². The molecule has 19 heavy (non-hydrogen) atoms. The van der Waals surface area contributed by atoms with E-state index in [1.165, 1.54) is 30.5 Å². The molecule has 7 nitrogen and oxygen atoms in total. The number of aromatic carboxylic acids is 1. The van der Waals surface area contributed by atoms with Crippen LogP contribution in [0.25, 0.3) is 11.2 Å². The first-order valence-electron chi connectivity index (χ1n) is 5.26. The highest BCUT2D eigenvalue weighted by Crippen LogP contribution is 2.28. The Bertz CT molecular complexity index is 757. The molecule has 2 N–H and O–H groups in total. The number of carbonyl (C=O) groups is 1. The van der Waals surface area contributed by atoms with E-state index in [0.29, 0.717) is 21.2 Å². The molecule has 0 saturated carbocycles. The van der Waals surface area contributed by atoms with Gasteiger partial charge in [-0.05, 0) is 23.9 Å². The number of aromatic amines is 1. The van der Waals surface area contributed by atoms with Crippen molar-refractivity contribution in [2.45, 2.75) is 10.1 Å². The summed E-state index contributed by atoms with van der Waals surface area (Å²) in [6, 6.07) is 4.81. The monoisotopic (exact) mass is 273 g/mol. The fourth-order valence-electron chi connectivity index (χ4n) is 1.51. The van der Waals surface area contributed by atoms with Gasteiger partial charge >= 0.3 is 5.97 Å². The molecule has 0 spiro atoms. The van der Waals surface area contributed by atoms with Crippen LogP contribution in [-0.4, -0.2) is 36.0 Å². The molecule has 0 fully saturated rings. The second kappa shape index (κ2) is 4.65. The van der Waals surface area contributed by atoms with Gasteiger partial charge in [0.1, 0.15) is 27.6 Å². The van der Waals surface area contributed by atoms with Gasteiger partial charge in [0, 0.05) is 0 Å². The zero-order chi connectivity index (χ0) is 13.2. The number of imidazole rings is 1. The van der Waals surface area contributed by atoms with Gasteiger partial charge in [-0.2, -0.15) is 0 Å². The number of fused-ring (bicyclic) bond motifs is 1. The molecule has 0 amide bonds. The second-order valence-corrected chi connectivity index (χ2v) is 4.56. The molecule has 0 aliphatic heterocycles. The van der Waals surface area contributed by atoms with Crippen molar-refractivity contribution in [3.63, 3.8) is 0 Å². The highest BCUT2D eigenvalue weighted by atomic mass is 32.2. The van der Waals surface area contributed by atoms with E-state index in [1.54, 1.807) is 12.1 Å². The van der Waals surface area contributed by atoms with Gasteiger partial charge in [0.05, 0.1) is 6.33 Å². The van der Waals surface area contributed by atoms with Gasteiger partial charge in [0.2, 0.25) is 0 Å². The minimum atomic E-state index is -1.06. The molecular formula is C11H7N5O2S. The van der Waals surface area contributed by atoms with Crippen molar-refractivity contribution in [3.05, 3.63) is 36.5 Å². The molecule has 3 aromatic heterocycles. The molecule has 0 bridgehead atoms. The highest BCUT2D eigenvalue weighted by molar-refractivity contribution is 7.99. The lowest BCUT2D eigenvalue weighted by atomic mass is 10.4. The van der Waals surface area contributed by atoms with E-state index in [-0.39, 0.29) is 5.69 Å². The van der Waals surface area contributed by atoms with Crippen LogP contribution in [0.5, 0.6) is 0 Å². The number of hydrogen-bond acceptors (Lipinski definition) is 6. The van der Waals surface area contributed by atoms with E-state index in [4.69, 9.17) is 5.11 Å². The highest BCUT2D eigenvalue weighted by Gasteiger charge is 2.10. The lowest BCUT2D eigenvalue weighted by Crippen LogP contribution is -2.00. The van der Waals surface area contributed by atoms with Crippen molar-refractivity contribution < 1.29 is 9.90 Å². The van der Waals surface area contributed by atoms with Crippen molar-refractivity contribution in [3.8, 4) is 0 Å². The Labute approximate surface area is 111 Å². The Morgan fingerprint density at radius 1 is 1.26 bits per heavy atom. The molecule has 0 aliphatic carbocycles. The summed E-state index contributed by atoms with van der Waals surface area (Å²) in [5.74, 6) is -1.06. The Morgan fingerprint density at radius 3 is 3.00 bits per heavy atom. The number of rotatable bonds is 3. The van der Waals surface area contributed by atoms with E-state index < -0.39 is 5.97 Å². The molecule has 0 aromatic carbocycles. The van der Waals surface area contributed by atoms with Crippen LogP contribution < -0.4 is 0 Å². The van der Waals surface area contributed by atoms with Crippen molar-refractivity contribution in [2.24, 2.45) is 0 Å². The number of aromatic nitrogens is 5. The minimum Gasteiger partial charge on any atom is -0.477 e. The molecule has 0 saturated heterocycles. The van der Waals surface area contributed by atoms with E-state index >= 15 is 0 Å². The van der Waals surface area contributed by atoms with Gasteiger partial charge in [-0.15, -0.1) is 0 Å². The molecule has 0 unspecified atom stereocenters. The Hall–Kier alpha value is -2.48. The number of pyridine rings is 1. The third-order valence-electron chi connectivity index (χ3n) is 2.33. The summed E-state index contributed by atoms with van der Waals surface area (Å²) in [4.78, 5) is 30.0. The maximum atomic E-state index is 10.9. The molecular weight excluding hydrogens is 266 g/mol. The first kappa shape index (κ1) is 11.6. The number of nitrogens with zero attached hydrogens (tertiary/aromatic N) is 4. The van der Waals surface area contributed by atoms with Crippen molar-refractivity contribution in [1.82, 2.24) is 24.9 Å². The lowest BCUT2D eigenvalue weighted by molar-refractivity contribution is 0.0689. The average molecular weight is 273 g/mol. The first-order chi connectivity index (χ1) is 9.24. The smallest absolute Gasteiger partial charge is 0.354 e. The lowest BCUT2D eigenvalue weighted by Gasteiger charge is -2.01. The molecule has 3 rings (SSSR count). The van der Waals surface area contributed by atoms with Crippen LogP contribution in [0, 0.1) is 0 Å². The number of H-pyrrole nitrogens is 1. The molecule has 3 heterocycles. The predicted molar refractivity (Wildman–Crippen MR) is 67.0 cm³/mol. The third-order valence-corrected chi connectivity index (χ3v) is 3.27. The van der Waals surface area contributed by atoms with Crippen LogP contribution in [0.4, 0.5) is 0 Å². The van der Waals surface area contributed by atoms with Gasteiger partial charge in [0.25, 0.3) is 0 Å². The second-order valence-electron chi connectivity index (χ2n) is 3.55. The van der Waals surface area contributed by atoms with Crippen LogP contribution in [0.1, 0.15) is 10.5 Å². The summed E-state index contributed by atoms with van der Waals surface area (Å²) < 4.78 is 0. The van der Waals surface area contributed by atoms with Gasteiger partial charge in [0.15, 0.2) is 5.65 Å². The summed E-state index contributed by atoms with van der Waals surface area (Å²) in [5, 5.41) is 10.1. The summed E-state index contributed by atoms with van der Waals surface area (Å²) in [6.45, 7) is 0. The summed E-state index contributed by atoms with van der Waals surface area (Å²) in [7, 11) is 0. The van der Waals surface area contributed by atoms with Gasteiger partial charge in [-0.1, -0.05) is 6.07 Å². The predicted octanol–water partition coefficient (Wildman–Crippen LogP) is 1.60. The number of nitrogens with one attached hydrogen (secondary N) is 1. The van der Waals surface area contributed by atoms with E-state index in [9.17, 15) is 4.79 Å². The molecule has 3 aromatic rings. The topological polar surface area (TPSA) is 105 Å². The summed E-state index contributed by atoms with van der Waals surface area (Å²) >= 11 is 1.26. The Kier molecular flexibility index (Phi) is 2.84.